The third-order valence-electron chi connectivity index (χ3n) is 3.44. The second kappa shape index (κ2) is 6.22. The van der Waals surface area contributed by atoms with E-state index in [9.17, 15) is 4.79 Å². The normalized spacial score (nSPS) is 21.2. The van der Waals surface area contributed by atoms with Crippen molar-refractivity contribution >= 4 is 23.2 Å². The molecular formula is C15H15ClN4O. The molecule has 2 unspecified atom stereocenters. The monoisotopic (exact) mass is 302 g/mol. The lowest BCUT2D eigenvalue weighted by Gasteiger charge is -2.11. The Kier molecular flexibility index (Phi) is 4.15. The van der Waals surface area contributed by atoms with Gasteiger partial charge in [-0.05, 0) is 30.2 Å². The zero-order chi connectivity index (χ0) is 14.7. The number of hydrazine groups is 1. The Balaban J connectivity index is 1.64. The van der Waals surface area contributed by atoms with Gasteiger partial charge in [-0.3, -0.25) is 9.78 Å². The lowest BCUT2D eigenvalue weighted by Crippen LogP contribution is -2.39. The number of nitrogens with zero attached hydrogens (tertiary/aromatic N) is 1. The first-order valence-corrected chi connectivity index (χ1v) is 7.08. The van der Waals surface area contributed by atoms with Crippen LogP contribution < -0.4 is 16.2 Å². The number of aromatic nitrogens is 1. The van der Waals surface area contributed by atoms with Gasteiger partial charge in [0.15, 0.2) is 0 Å². The Morgan fingerprint density at radius 1 is 1.24 bits per heavy atom. The number of para-hydroxylation sites is 1. The minimum Gasteiger partial charge on any atom is -0.323 e. The lowest BCUT2D eigenvalue weighted by molar-refractivity contribution is -0.117. The molecule has 2 atom stereocenters. The third kappa shape index (κ3) is 3.21. The Hall–Kier alpha value is -1.95. The van der Waals surface area contributed by atoms with Crippen LogP contribution in [0.25, 0.3) is 0 Å². The molecule has 0 radical (unpaired) electrons. The molecule has 3 N–H and O–H groups in total. The topological polar surface area (TPSA) is 66.0 Å². The highest BCUT2D eigenvalue weighted by Gasteiger charge is 2.30. The standard InChI is InChI=1S/C15H15ClN4O/c16-11-5-1-2-6-12(11)18-15(21)14-8-13(19-20-14)10-4-3-7-17-9-10/h1-7,9,13-14,19-20H,8H2,(H,18,21). The highest BCUT2D eigenvalue weighted by Crippen LogP contribution is 2.24. The maximum Gasteiger partial charge on any atom is 0.242 e. The molecule has 2 heterocycles. The summed E-state index contributed by atoms with van der Waals surface area (Å²) in [5, 5.41) is 3.36. The molecule has 21 heavy (non-hydrogen) atoms. The van der Waals surface area contributed by atoms with Gasteiger partial charge < -0.3 is 5.32 Å². The number of halogens is 1. The van der Waals surface area contributed by atoms with E-state index in [1.165, 1.54) is 0 Å². The summed E-state index contributed by atoms with van der Waals surface area (Å²) in [5.74, 6) is -0.109. The van der Waals surface area contributed by atoms with E-state index in [2.05, 4.69) is 21.2 Å². The van der Waals surface area contributed by atoms with Gasteiger partial charge in [-0.2, -0.15) is 0 Å². The fourth-order valence-electron chi connectivity index (χ4n) is 2.31. The van der Waals surface area contributed by atoms with Crippen LogP contribution in [-0.2, 0) is 4.79 Å². The summed E-state index contributed by atoms with van der Waals surface area (Å²) in [4.78, 5) is 16.3. The molecule has 1 aromatic carbocycles. The summed E-state index contributed by atoms with van der Waals surface area (Å²) in [7, 11) is 0. The number of rotatable bonds is 3. The van der Waals surface area contributed by atoms with Crippen molar-refractivity contribution < 1.29 is 4.79 Å². The van der Waals surface area contributed by atoms with Crippen LogP contribution in [0.3, 0.4) is 0 Å². The maximum atomic E-state index is 12.3. The predicted molar refractivity (Wildman–Crippen MR) is 81.7 cm³/mol. The number of hydrogen-bond donors (Lipinski definition) is 3. The SMILES string of the molecule is O=C(Nc1ccccc1Cl)C1CC(c2cccnc2)NN1. The van der Waals surface area contributed by atoms with Crippen LogP contribution in [0.5, 0.6) is 0 Å². The van der Waals surface area contributed by atoms with Gasteiger partial charge in [0.2, 0.25) is 5.91 Å². The lowest BCUT2D eigenvalue weighted by atomic mass is 10.0. The number of amides is 1. The van der Waals surface area contributed by atoms with Gasteiger partial charge in [0, 0.05) is 18.4 Å². The van der Waals surface area contributed by atoms with Gasteiger partial charge in [0.05, 0.1) is 10.7 Å². The summed E-state index contributed by atoms with van der Waals surface area (Å²) in [6.45, 7) is 0. The molecule has 1 aromatic heterocycles. The van der Waals surface area contributed by atoms with Crippen LogP contribution in [-0.4, -0.2) is 16.9 Å². The number of carbonyl (C=O) groups excluding carboxylic acids is 1. The van der Waals surface area contributed by atoms with Crippen molar-refractivity contribution in [1.29, 1.82) is 0 Å². The van der Waals surface area contributed by atoms with E-state index in [1.807, 2.05) is 24.3 Å². The summed E-state index contributed by atoms with van der Waals surface area (Å²) < 4.78 is 0. The predicted octanol–water partition coefficient (Wildman–Crippen LogP) is 2.28. The van der Waals surface area contributed by atoms with Crippen LogP contribution in [0.1, 0.15) is 18.0 Å². The number of nitrogens with one attached hydrogen (secondary N) is 3. The summed E-state index contributed by atoms with van der Waals surface area (Å²) in [6, 6.07) is 10.8. The Morgan fingerprint density at radius 2 is 2.10 bits per heavy atom. The van der Waals surface area contributed by atoms with E-state index in [0.717, 1.165) is 5.56 Å². The third-order valence-corrected chi connectivity index (χ3v) is 3.77. The zero-order valence-electron chi connectivity index (χ0n) is 11.2. The molecule has 0 aliphatic carbocycles. The fourth-order valence-corrected chi connectivity index (χ4v) is 2.49. The molecule has 0 spiro atoms. The number of carbonyl (C=O) groups is 1. The fraction of sp³-hybridized carbons (Fsp3) is 0.200. The highest BCUT2D eigenvalue weighted by atomic mass is 35.5. The molecule has 2 aromatic rings. The van der Waals surface area contributed by atoms with Gasteiger partial charge in [-0.15, -0.1) is 0 Å². The molecule has 1 aliphatic heterocycles. The van der Waals surface area contributed by atoms with Crippen molar-refractivity contribution in [2.45, 2.75) is 18.5 Å². The second-order valence-electron chi connectivity index (χ2n) is 4.89. The molecule has 1 aliphatic rings. The van der Waals surface area contributed by atoms with E-state index in [1.54, 1.807) is 24.5 Å². The van der Waals surface area contributed by atoms with Crippen molar-refractivity contribution in [3.05, 3.63) is 59.4 Å². The Morgan fingerprint density at radius 3 is 2.86 bits per heavy atom. The van der Waals surface area contributed by atoms with Gasteiger partial charge >= 0.3 is 0 Å². The van der Waals surface area contributed by atoms with Crippen molar-refractivity contribution in [3.8, 4) is 0 Å². The van der Waals surface area contributed by atoms with Crippen molar-refractivity contribution in [2.75, 3.05) is 5.32 Å². The van der Waals surface area contributed by atoms with E-state index in [4.69, 9.17) is 11.6 Å². The molecule has 0 bridgehead atoms. The minimum atomic E-state index is -0.313. The van der Waals surface area contributed by atoms with Crippen LogP contribution in [0.2, 0.25) is 5.02 Å². The highest BCUT2D eigenvalue weighted by molar-refractivity contribution is 6.33. The van der Waals surface area contributed by atoms with Gasteiger partial charge in [-0.1, -0.05) is 29.8 Å². The number of anilines is 1. The van der Waals surface area contributed by atoms with Crippen molar-refractivity contribution in [2.24, 2.45) is 0 Å². The van der Waals surface area contributed by atoms with Gasteiger partial charge in [0.1, 0.15) is 6.04 Å². The molecule has 108 valence electrons. The van der Waals surface area contributed by atoms with Crippen LogP contribution >= 0.6 is 11.6 Å². The first-order chi connectivity index (χ1) is 10.2. The minimum absolute atomic E-state index is 0.0701. The molecule has 1 fully saturated rings. The second-order valence-corrected chi connectivity index (χ2v) is 5.29. The van der Waals surface area contributed by atoms with Gasteiger partial charge in [0.25, 0.3) is 0 Å². The van der Waals surface area contributed by atoms with Crippen LogP contribution in [0, 0.1) is 0 Å². The molecule has 0 saturated carbocycles. The first kappa shape index (κ1) is 14.0. The molecule has 6 heteroatoms. The zero-order valence-corrected chi connectivity index (χ0v) is 12.0. The van der Waals surface area contributed by atoms with Crippen molar-refractivity contribution in [1.82, 2.24) is 15.8 Å². The molecular weight excluding hydrogens is 288 g/mol. The summed E-state index contributed by atoms with van der Waals surface area (Å²) in [6.07, 6.45) is 4.18. The van der Waals surface area contributed by atoms with E-state index < -0.39 is 0 Å². The quantitative estimate of drug-likeness (QED) is 0.814. The number of benzene rings is 1. The van der Waals surface area contributed by atoms with Crippen molar-refractivity contribution in [3.63, 3.8) is 0 Å². The Bertz CT molecular complexity index is 635. The molecule has 1 saturated heterocycles. The largest absolute Gasteiger partial charge is 0.323 e. The number of pyridine rings is 1. The Labute approximate surface area is 127 Å². The summed E-state index contributed by atoms with van der Waals surface area (Å²) >= 11 is 6.04. The molecule has 5 nitrogen and oxygen atoms in total. The smallest absolute Gasteiger partial charge is 0.242 e. The first-order valence-electron chi connectivity index (χ1n) is 6.70. The molecule has 1 amide bonds. The van der Waals surface area contributed by atoms with Crippen LogP contribution in [0.15, 0.2) is 48.8 Å². The van der Waals surface area contributed by atoms with E-state index in [0.29, 0.717) is 17.1 Å². The van der Waals surface area contributed by atoms with E-state index in [-0.39, 0.29) is 18.0 Å². The van der Waals surface area contributed by atoms with Crippen LogP contribution in [0.4, 0.5) is 5.69 Å². The van der Waals surface area contributed by atoms with E-state index >= 15 is 0 Å². The maximum absolute atomic E-state index is 12.3. The average Bonchev–Trinajstić information content (AvgIpc) is 3.00. The van der Waals surface area contributed by atoms with Gasteiger partial charge in [-0.25, -0.2) is 10.9 Å². The average molecular weight is 303 g/mol. The molecule has 3 rings (SSSR count). The summed E-state index contributed by atoms with van der Waals surface area (Å²) in [5.41, 5.74) is 7.81. The number of hydrogen-bond acceptors (Lipinski definition) is 4.